The van der Waals surface area contributed by atoms with Gasteiger partial charge >= 0.3 is 0 Å². The lowest BCUT2D eigenvalue weighted by Gasteiger charge is -2.27. The van der Waals surface area contributed by atoms with Crippen LogP contribution in [0.3, 0.4) is 0 Å². The summed E-state index contributed by atoms with van der Waals surface area (Å²) in [5, 5.41) is 6.22. The van der Waals surface area contributed by atoms with Crippen LogP contribution in [0, 0.1) is 17.8 Å². The van der Waals surface area contributed by atoms with Gasteiger partial charge in [-0.05, 0) is 69.6 Å². The van der Waals surface area contributed by atoms with Crippen molar-refractivity contribution in [3.63, 3.8) is 0 Å². The quantitative estimate of drug-likeness (QED) is 0.681. The Hall–Kier alpha value is -1.30. The molecule has 3 rings (SSSR count). The van der Waals surface area contributed by atoms with Crippen LogP contribution < -0.4 is 16.4 Å². The van der Waals surface area contributed by atoms with Gasteiger partial charge in [0.05, 0.1) is 16.5 Å². The van der Waals surface area contributed by atoms with Crippen molar-refractivity contribution in [3.8, 4) is 0 Å². The number of hydrogen-bond acceptors (Lipinski definition) is 3. The Labute approximate surface area is 172 Å². The maximum atomic E-state index is 12.7. The average Bonchev–Trinajstić information content (AvgIpc) is 3.15. The number of fused-ring (bicyclic) bond motifs is 2. The molecule has 2 aliphatic carbocycles. The maximum absolute atomic E-state index is 12.7. The highest BCUT2D eigenvalue weighted by Gasteiger charge is 2.49. The van der Waals surface area contributed by atoms with Crippen molar-refractivity contribution >= 4 is 41.5 Å². The van der Waals surface area contributed by atoms with E-state index in [9.17, 15) is 9.59 Å². The molecule has 5 nitrogen and oxygen atoms in total. The van der Waals surface area contributed by atoms with Gasteiger partial charge in [0.25, 0.3) is 5.91 Å². The fourth-order valence-corrected chi connectivity index (χ4v) is 4.46. The van der Waals surface area contributed by atoms with E-state index in [1.165, 1.54) is 0 Å². The van der Waals surface area contributed by atoms with Crippen LogP contribution in [0.2, 0.25) is 5.02 Å². The molecule has 2 fully saturated rings. The summed E-state index contributed by atoms with van der Waals surface area (Å²) in [6.07, 6.45) is 4.10. The summed E-state index contributed by atoms with van der Waals surface area (Å²) < 4.78 is 0. The normalized spacial score (nSPS) is 26.4. The maximum Gasteiger partial charge on any atom is 0.253 e. The van der Waals surface area contributed by atoms with Crippen LogP contribution in [0.1, 0.15) is 56.8 Å². The zero-order chi connectivity index (χ0) is 19.1. The minimum Gasteiger partial charge on any atom is -0.347 e. The van der Waals surface area contributed by atoms with Gasteiger partial charge in [0.15, 0.2) is 0 Å². The summed E-state index contributed by atoms with van der Waals surface area (Å²) in [6, 6.07) is 4.95. The van der Waals surface area contributed by atoms with Gasteiger partial charge in [0.2, 0.25) is 5.91 Å². The number of hydrogen-bond donors (Lipinski definition) is 3. The van der Waals surface area contributed by atoms with Crippen molar-refractivity contribution in [3.05, 3.63) is 28.8 Å². The number of rotatable bonds is 5. The van der Waals surface area contributed by atoms with E-state index < -0.39 is 0 Å². The Morgan fingerprint density at radius 1 is 1.26 bits per heavy atom. The van der Waals surface area contributed by atoms with Crippen molar-refractivity contribution < 1.29 is 9.59 Å². The van der Waals surface area contributed by atoms with Crippen molar-refractivity contribution in [2.45, 2.75) is 58.0 Å². The zero-order valence-corrected chi connectivity index (χ0v) is 17.6. The molecule has 2 aliphatic rings. The number of carbonyl (C=O) groups is 2. The molecule has 4 N–H and O–H groups in total. The molecule has 7 heteroatoms. The molecule has 0 radical (unpaired) electrons. The van der Waals surface area contributed by atoms with Crippen LogP contribution in [0.15, 0.2) is 18.2 Å². The van der Waals surface area contributed by atoms with E-state index in [4.69, 9.17) is 17.3 Å². The predicted octanol–water partition coefficient (Wildman–Crippen LogP) is 3.99. The molecule has 27 heavy (non-hydrogen) atoms. The van der Waals surface area contributed by atoms with Crippen molar-refractivity contribution in [1.82, 2.24) is 5.32 Å². The number of amides is 2. The summed E-state index contributed by atoms with van der Waals surface area (Å²) in [5.74, 6) is 0.500. The van der Waals surface area contributed by atoms with Gasteiger partial charge < -0.3 is 16.4 Å². The molecule has 0 aliphatic heterocycles. The van der Waals surface area contributed by atoms with E-state index in [1.807, 2.05) is 20.8 Å². The van der Waals surface area contributed by atoms with Gasteiger partial charge in [-0.1, -0.05) is 18.5 Å². The van der Waals surface area contributed by atoms with Gasteiger partial charge in [0, 0.05) is 17.3 Å². The summed E-state index contributed by atoms with van der Waals surface area (Å²) >= 11 is 6.29. The number of nitrogens with one attached hydrogen (secondary N) is 2. The molecular formula is C20H29Cl2N3O2. The first-order chi connectivity index (χ1) is 12.2. The van der Waals surface area contributed by atoms with Crippen LogP contribution in [0.4, 0.5) is 5.69 Å². The van der Waals surface area contributed by atoms with Crippen molar-refractivity contribution in [2.24, 2.45) is 23.5 Å². The van der Waals surface area contributed by atoms with Crippen LogP contribution in [-0.2, 0) is 4.79 Å². The fraction of sp³-hybridized carbons (Fsp3) is 0.600. The third-order valence-corrected chi connectivity index (χ3v) is 6.41. The highest BCUT2D eigenvalue weighted by atomic mass is 35.5. The lowest BCUT2D eigenvalue weighted by Crippen LogP contribution is -2.43. The minimum absolute atomic E-state index is 0. The predicted molar refractivity (Wildman–Crippen MR) is 111 cm³/mol. The van der Waals surface area contributed by atoms with Gasteiger partial charge in [-0.3, -0.25) is 9.59 Å². The van der Waals surface area contributed by atoms with Crippen molar-refractivity contribution in [2.75, 3.05) is 5.32 Å². The molecule has 4 atom stereocenters. The summed E-state index contributed by atoms with van der Waals surface area (Å²) in [4.78, 5) is 25.1. The SMILES string of the molecule is CCC(C)(C)NC(=O)c1ccc(NC(=O)C2C3CCC(C3)C2N)cc1Cl.Cl. The van der Waals surface area contributed by atoms with Crippen LogP contribution >= 0.6 is 24.0 Å². The topological polar surface area (TPSA) is 84.2 Å². The molecule has 2 saturated carbocycles. The van der Waals surface area contributed by atoms with Gasteiger partial charge in [-0.15, -0.1) is 12.4 Å². The molecule has 0 saturated heterocycles. The Balaban J connectivity index is 0.00000261. The smallest absolute Gasteiger partial charge is 0.253 e. The summed E-state index contributed by atoms with van der Waals surface area (Å²) in [6.45, 7) is 5.94. The number of nitrogens with two attached hydrogens (primary N) is 1. The summed E-state index contributed by atoms with van der Waals surface area (Å²) in [7, 11) is 0. The van der Waals surface area contributed by atoms with Gasteiger partial charge in [-0.2, -0.15) is 0 Å². The first-order valence-electron chi connectivity index (χ1n) is 9.40. The standard InChI is InChI=1S/C20H28ClN3O2.ClH/c1-4-20(2,3)24-18(25)14-8-7-13(10-15(14)21)23-19(26)16-11-5-6-12(9-11)17(16)22;/h7-8,10-12,16-17H,4-6,9,22H2,1-3H3,(H,23,26)(H,24,25);1H. The first-order valence-corrected chi connectivity index (χ1v) is 9.78. The lowest BCUT2D eigenvalue weighted by molar-refractivity contribution is -0.121. The highest BCUT2D eigenvalue weighted by Crippen LogP contribution is 2.47. The Kier molecular flexibility index (Phi) is 6.82. The molecule has 2 amide bonds. The molecule has 0 aromatic heterocycles. The molecule has 0 heterocycles. The molecule has 2 bridgehead atoms. The number of carbonyl (C=O) groups excluding carboxylic acids is 2. The third-order valence-electron chi connectivity index (χ3n) is 6.10. The minimum atomic E-state index is -0.300. The molecule has 0 spiro atoms. The Morgan fingerprint density at radius 2 is 1.93 bits per heavy atom. The molecular weight excluding hydrogens is 385 g/mol. The second kappa shape index (κ2) is 8.38. The van der Waals surface area contributed by atoms with E-state index in [0.29, 0.717) is 28.1 Å². The number of anilines is 1. The number of halogens is 2. The highest BCUT2D eigenvalue weighted by molar-refractivity contribution is 6.34. The monoisotopic (exact) mass is 413 g/mol. The Morgan fingerprint density at radius 3 is 2.48 bits per heavy atom. The molecule has 4 unspecified atom stereocenters. The van der Waals surface area contributed by atoms with E-state index >= 15 is 0 Å². The molecule has 1 aromatic rings. The van der Waals surface area contributed by atoms with E-state index in [0.717, 1.165) is 25.7 Å². The lowest BCUT2D eigenvalue weighted by atomic mass is 9.84. The van der Waals surface area contributed by atoms with Gasteiger partial charge in [0.1, 0.15) is 0 Å². The number of benzene rings is 1. The molecule has 1 aromatic carbocycles. The van der Waals surface area contributed by atoms with Crippen LogP contribution in [0.5, 0.6) is 0 Å². The van der Waals surface area contributed by atoms with E-state index in [2.05, 4.69) is 10.6 Å². The second-order valence-corrected chi connectivity index (χ2v) is 8.72. The third kappa shape index (κ3) is 4.58. The summed E-state index contributed by atoms with van der Waals surface area (Å²) in [5.41, 5.74) is 6.95. The second-order valence-electron chi connectivity index (χ2n) is 8.31. The fourth-order valence-electron chi connectivity index (χ4n) is 4.19. The average molecular weight is 414 g/mol. The van der Waals surface area contributed by atoms with E-state index in [1.54, 1.807) is 18.2 Å². The van der Waals surface area contributed by atoms with Crippen LogP contribution in [-0.4, -0.2) is 23.4 Å². The first kappa shape index (κ1) is 22.0. The Bertz CT molecular complexity index is 721. The van der Waals surface area contributed by atoms with Gasteiger partial charge in [-0.25, -0.2) is 0 Å². The zero-order valence-electron chi connectivity index (χ0n) is 16.0. The molecule has 150 valence electrons. The van der Waals surface area contributed by atoms with Crippen molar-refractivity contribution in [1.29, 1.82) is 0 Å². The van der Waals surface area contributed by atoms with E-state index in [-0.39, 0.29) is 41.7 Å². The largest absolute Gasteiger partial charge is 0.347 e. The van der Waals surface area contributed by atoms with Crippen LogP contribution in [0.25, 0.3) is 0 Å².